The van der Waals surface area contributed by atoms with E-state index in [1.807, 2.05) is 46.8 Å². The Hall–Kier alpha value is -1.04. The molecule has 0 fully saturated rings. The lowest BCUT2D eigenvalue weighted by molar-refractivity contribution is 0.132. The molecule has 1 aromatic heterocycles. The molecule has 6 heteroatoms. The van der Waals surface area contributed by atoms with E-state index in [9.17, 15) is 5.11 Å². The number of halogens is 1. The number of alkyl halides is 1. The molecule has 0 radical (unpaired) electrons. The molecule has 0 aliphatic rings. The molecule has 1 atom stereocenters. The van der Waals surface area contributed by atoms with Crippen LogP contribution in [0.5, 0.6) is 10.9 Å². The van der Waals surface area contributed by atoms with Gasteiger partial charge in [-0.25, -0.2) is 0 Å². The predicted molar refractivity (Wildman–Crippen MR) is 91.4 cm³/mol. The summed E-state index contributed by atoms with van der Waals surface area (Å²) in [7, 11) is 0. The highest BCUT2D eigenvalue weighted by Crippen LogP contribution is 2.40. The van der Waals surface area contributed by atoms with Gasteiger partial charge in [0.1, 0.15) is 16.9 Å². The normalized spacial score (nSPS) is 13.6. The molecule has 0 saturated heterocycles. The van der Waals surface area contributed by atoms with E-state index >= 15 is 0 Å². The van der Waals surface area contributed by atoms with Crippen LogP contribution in [0.4, 0.5) is 0 Å². The topological polar surface area (TPSA) is 51.6 Å². The van der Waals surface area contributed by atoms with Crippen molar-refractivity contribution in [3.05, 3.63) is 17.7 Å². The molecular weight excluding hydrogens is 322 g/mol. The minimum atomic E-state index is -0.736. The average Bonchev–Trinajstić information content (AvgIpc) is 2.79. The number of benzene rings is 1. The maximum atomic E-state index is 10.1. The van der Waals surface area contributed by atoms with E-state index in [-0.39, 0.29) is 17.6 Å². The largest absolute Gasteiger partial charge is 0.486 e. The highest BCUT2D eigenvalue weighted by atomic mass is 35.5. The number of aliphatic hydroxyl groups excluding tert-OH is 1. The monoisotopic (exact) mass is 343 g/mol. The van der Waals surface area contributed by atoms with Crippen LogP contribution in [0.1, 0.15) is 46.3 Å². The molecule has 1 heterocycles. The third-order valence-corrected chi connectivity index (χ3v) is 4.06. The van der Waals surface area contributed by atoms with Crippen molar-refractivity contribution < 1.29 is 14.6 Å². The van der Waals surface area contributed by atoms with Gasteiger partial charge >= 0.3 is 0 Å². The van der Waals surface area contributed by atoms with E-state index in [4.69, 9.17) is 21.1 Å². The van der Waals surface area contributed by atoms with E-state index < -0.39 is 6.10 Å². The van der Waals surface area contributed by atoms with Crippen LogP contribution in [0.2, 0.25) is 0 Å². The van der Waals surface area contributed by atoms with E-state index in [0.29, 0.717) is 16.5 Å². The van der Waals surface area contributed by atoms with Gasteiger partial charge in [-0.15, -0.1) is 11.6 Å². The van der Waals surface area contributed by atoms with Crippen molar-refractivity contribution in [2.24, 2.45) is 0 Å². The molecule has 2 aromatic rings. The quantitative estimate of drug-likeness (QED) is 0.810. The Kier molecular flexibility index (Phi) is 5.20. The molecule has 2 rings (SSSR count). The molecule has 0 spiro atoms. The number of hydrogen-bond acceptors (Lipinski definition) is 5. The van der Waals surface area contributed by atoms with Gasteiger partial charge in [-0.2, -0.15) is 4.98 Å². The number of fused-ring (bicyclic) bond motifs is 1. The lowest BCUT2D eigenvalue weighted by Crippen LogP contribution is -2.23. The molecule has 1 N–H and O–H groups in total. The van der Waals surface area contributed by atoms with Gasteiger partial charge in [-0.05, 0) is 40.7 Å². The van der Waals surface area contributed by atoms with Crippen LogP contribution in [0.25, 0.3) is 10.2 Å². The summed E-state index contributed by atoms with van der Waals surface area (Å²) in [5, 5.41) is 10.7. The first-order chi connectivity index (χ1) is 10.2. The van der Waals surface area contributed by atoms with Crippen molar-refractivity contribution in [3.8, 4) is 10.9 Å². The summed E-state index contributed by atoms with van der Waals surface area (Å²) in [5.74, 6) is 0.815. The van der Waals surface area contributed by atoms with Gasteiger partial charge in [-0.3, -0.25) is 0 Å². The summed E-state index contributed by atoms with van der Waals surface area (Å²) in [6, 6.07) is 3.67. The molecular formula is C16H22ClNO3S. The Morgan fingerprint density at radius 2 is 2.00 bits per heavy atom. The van der Waals surface area contributed by atoms with Crippen LogP contribution in [0.3, 0.4) is 0 Å². The van der Waals surface area contributed by atoms with Crippen LogP contribution < -0.4 is 9.47 Å². The number of nitrogens with zero attached hydrogens (tertiary/aromatic N) is 1. The van der Waals surface area contributed by atoms with Gasteiger partial charge in [-0.1, -0.05) is 17.4 Å². The van der Waals surface area contributed by atoms with E-state index in [0.717, 1.165) is 10.3 Å². The van der Waals surface area contributed by atoms with Crippen molar-refractivity contribution in [2.45, 2.75) is 52.4 Å². The highest BCUT2D eigenvalue weighted by Gasteiger charge is 2.21. The summed E-state index contributed by atoms with van der Waals surface area (Å²) in [5.41, 5.74) is 1.13. The number of aliphatic hydroxyl groups is 1. The van der Waals surface area contributed by atoms with E-state index in [1.54, 1.807) is 0 Å². The van der Waals surface area contributed by atoms with Crippen molar-refractivity contribution in [2.75, 3.05) is 5.88 Å². The summed E-state index contributed by atoms with van der Waals surface area (Å²) < 4.78 is 12.5. The first kappa shape index (κ1) is 17.3. The van der Waals surface area contributed by atoms with Crippen LogP contribution in [-0.4, -0.2) is 27.7 Å². The molecule has 0 bridgehead atoms. The maximum Gasteiger partial charge on any atom is 0.274 e. The fourth-order valence-electron chi connectivity index (χ4n) is 1.99. The molecule has 0 saturated carbocycles. The van der Waals surface area contributed by atoms with Crippen LogP contribution in [0, 0.1) is 0 Å². The van der Waals surface area contributed by atoms with Gasteiger partial charge in [0.25, 0.3) is 5.19 Å². The van der Waals surface area contributed by atoms with Crippen molar-refractivity contribution in [1.82, 2.24) is 4.98 Å². The number of aromatic nitrogens is 1. The minimum absolute atomic E-state index is 0.0361. The van der Waals surface area contributed by atoms with Crippen molar-refractivity contribution in [1.29, 1.82) is 0 Å². The second-order valence-corrected chi connectivity index (χ2v) is 7.63. The smallest absolute Gasteiger partial charge is 0.274 e. The second kappa shape index (κ2) is 6.60. The molecule has 0 unspecified atom stereocenters. The minimum Gasteiger partial charge on any atom is -0.486 e. The first-order valence-corrected chi connectivity index (χ1v) is 8.59. The zero-order valence-corrected chi connectivity index (χ0v) is 15.1. The lowest BCUT2D eigenvalue weighted by atomic mass is 10.1. The SMILES string of the molecule is CC(C)Oc1nc2c(OC(C)(C)C)ccc([C@H](O)CCl)c2s1. The summed E-state index contributed by atoms with van der Waals surface area (Å²) in [6.45, 7) is 9.86. The summed E-state index contributed by atoms with van der Waals surface area (Å²) in [4.78, 5) is 4.53. The van der Waals surface area contributed by atoms with Crippen LogP contribution >= 0.6 is 22.9 Å². The molecule has 1 aromatic carbocycles. The Labute approximate surface area is 140 Å². The number of hydrogen-bond donors (Lipinski definition) is 1. The zero-order valence-electron chi connectivity index (χ0n) is 13.5. The Morgan fingerprint density at radius 1 is 1.32 bits per heavy atom. The standard InChI is InChI=1S/C16H22ClNO3S/c1-9(2)20-15-18-13-12(21-16(3,4)5)7-6-10(11(19)8-17)14(13)22-15/h6-7,9,11,19H,8H2,1-5H3/t11-/m1/s1. The molecule has 122 valence electrons. The fourth-order valence-corrected chi connectivity index (χ4v) is 3.28. The summed E-state index contributed by atoms with van der Waals surface area (Å²) in [6.07, 6.45) is -0.700. The van der Waals surface area contributed by atoms with Gasteiger partial charge < -0.3 is 14.6 Å². The van der Waals surface area contributed by atoms with Crippen molar-refractivity contribution in [3.63, 3.8) is 0 Å². The molecule has 0 aliphatic heterocycles. The second-order valence-electron chi connectivity index (χ2n) is 6.36. The summed E-state index contributed by atoms with van der Waals surface area (Å²) >= 11 is 7.20. The predicted octanol–water partition coefficient (Wildman–Crippen LogP) is 4.53. The number of thiazole rings is 1. The third-order valence-electron chi connectivity index (χ3n) is 2.78. The van der Waals surface area contributed by atoms with Gasteiger partial charge in [0.05, 0.1) is 22.8 Å². The van der Waals surface area contributed by atoms with Crippen LogP contribution in [-0.2, 0) is 0 Å². The third kappa shape index (κ3) is 4.03. The van der Waals surface area contributed by atoms with Gasteiger partial charge in [0, 0.05) is 5.56 Å². The van der Waals surface area contributed by atoms with Crippen molar-refractivity contribution >= 4 is 33.2 Å². The average molecular weight is 344 g/mol. The molecule has 22 heavy (non-hydrogen) atoms. The highest BCUT2D eigenvalue weighted by molar-refractivity contribution is 7.20. The maximum absolute atomic E-state index is 10.1. The first-order valence-electron chi connectivity index (χ1n) is 7.24. The number of ether oxygens (including phenoxy) is 2. The van der Waals surface area contributed by atoms with E-state index in [2.05, 4.69) is 4.98 Å². The Bertz CT molecular complexity index is 649. The van der Waals surface area contributed by atoms with Crippen LogP contribution in [0.15, 0.2) is 12.1 Å². The molecule has 4 nitrogen and oxygen atoms in total. The van der Waals surface area contributed by atoms with Gasteiger partial charge in [0.2, 0.25) is 0 Å². The lowest BCUT2D eigenvalue weighted by Gasteiger charge is -2.22. The zero-order chi connectivity index (χ0) is 16.5. The van der Waals surface area contributed by atoms with E-state index in [1.165, 1.54) is 11.3 Å². The molecule has 0 amide bonds. The molecule has 0 aliphatic carbocycles. The number of rotatable bonds is 5. The Morgan fingerprint density at radius 3 is 2.55 bits per heavy atom. The Balaban J connectivity index is 2.56. The fraction of sp³-hybridized carbons (Fsp3) is 0.562. The van der Waals surface area contributed by atoms with Gasteiger partial charge in [0.15, 0.2) is 0 Å².